The number of carbonyl (C=O) groups is 1. The second-order valence-electron chi connectivity index (χ2n) is 7.53. The summed E-state index contributed by atoms with van der Waals surface area (Å²) in [6, 6.07) is 2.81. The van der Waals surface area contributed by atoms with E-state index in [0.717, 1.165) is 50.4 Å². The molecule has 3 N–H and O–H groups in total. The molecular weight excluding hydrogens is 429 g/mol. The predicted octanol–water partition coefficient (Wildman–Crippen LogP) is 3.78. The molecule has 1 unspecified atom stereocenters. The van der Waals surface area contributed by atoms with Gasteiger partial charge in [-0.3, -0.25) is 0 Å². The molecule has 168 valence electrons. The van der Waals surface area contributed by atoms with Crippen molar-refractivity contribution in [2.75, 3.05) is 19.6 Å². The van der Waals surface area contributed by atoms with Crippen LogP contribution in [0.25, 0.3) is 11.3 Å². The smallest absolute Gasteiger partial charge is 0.416 e. The van der Waals surface area contributed by atoms with Gasteiger partial charge in [0.1, 0.15) is 17.1 Å². The molecule has 1 fully saturated rings. The fraction of sp³-hybridized carbons (Fsp3) is 0.476. The van der Waals surface area contributed by atoms with Crippen LogP contribution in [0.3, 0.4) is 0 Å². The van der Waals surface area contributed by atoms with Crippen molar-refractivity contribution in [1.29, 1.82) is 0 Å². The van der Waals surface area contributed by atoms with Crippen LogP contribution in [0.5, 0.6) is 5.75 Å². The lowest BCUT2D eigenvalue weighted by molar-refractivity contribution is -0.137. The summed E-state index contributed by atoms with van der Waals surface area (Å²) in [7, 11) is 0. The Morgan fingerprint density at radius 1 is 1.35 bits per heavy atom. The number of benzene rings is 1. The Bertz CT molecular complexity index is 940. The first-order valence-electron chi connectivity index (χ1n) is 10.0. The molecule has 10 heteroatoms. The van der Waals surface area contributed by atoms with E-state index in [9.17, 15) is 23.1 Å². The van der Waals surface area contributed by atoms with Gasteiger partial charge in [-0.15, -0.1) is 10.2 Å². The third-order valence-electron chi connectivity index (χ3n) is 5.39. The van der Waals surface area contributed by atoms with Gasteiger partial charge in [-0.2, -0.15) is 13.2 Å². The van der Waals surface area contributed by atoms with Gasteiger partial charge in [0.15, 0.2) is 0 Å². The van der Waals surface area contributed by atoms with Crippen molar-refractivity contribution in [3.8, 4) is 17.0 Å². The number of phenols is 1. The fourth-order valence-electron chi connectivity index (χ4n) is 3.74. The van der Waals surface area contributed by atoms with Crippen molar-refractivity contribution in [3.05, 3.63) is 34.9 Å². The van der Waals surface area contributed by atoms with Crippen LogP contribution < -0.4 is 5.73 Å². The Kier molecular flexibility index (Phi) is 7.55. The second-order valence-corrected chi connectivity index (χ2v) is 8.82. The van der Waals surface area contributed by atoms with Crippen LogP contribution in [0.2, 0.25) is 0 Å². The molecule has 0 spiro atoms. The van der Waals surface area contributed by atoms with Crippen molar-refractivity contribution < 1.29 is 23.1 Å². The van der Waals surface area contributed by atoms with Gasteiger partial charge in [0, 0.05) is 42.4 Å². The minimum absolute atomic E-state index is 0.182. The van der Waals surface area contributed by atoms with E-state index in [-0.39, 0.29) is 17.4 Å². The van der Waals surface area contributed by atoms with Crippen LogP contribution in [0.15, 0.2) is 23.2 Å². The number of likely N-dealkylation sites (tertiary alicyclic amines) is 1. The Balaban J connectivity index is 1.85. The first-order valence-corrected chi connectivity index (χ1v) is 10.9. The summed E-state index contributed by atoms with van der Waals surface area (Å²) in [4.78, 5) is 12.9. The number of hydrogen-bond acceptors (Lipinski definition) is 7. The highest BCUT2D eigenvalue weighted by Crippen LogP contribution is 2.39. The zero-order valence-electron chi connectivity index (χ0n) is 17.2. The average molecular weight is 455 g/mol. The molecule has 0 bridgehead atoms. The molecular formula is C21H25F3N4O2S. The number of carbonyl (C=O) groups excluding carboxylic acids is 1. The van der Waals surface area contributed by atoms with Crippen LogP contribution in [-0.4, -0.2) is 51.4 Å². The highest BCUT2D eigenvalue weighted by atomic mass is 32.2. The summed E-state index contributed by atoms with van der Waals surface area (Å²) in [6.07, 6.45) is -1.07. The first kappa shape index (κ1) is 23.5. The summed E-state index contributed by atoms with van der Waals surface area (Å²) in [5, 5.41) is 19.7. The molecule has 2 aromatic rings. The van der Waals surface area contributed by atoms with Gasteiger partial charge in [0.2, 0.25) is 0 Å². The number of rotatable bonds is 7. The Labute approximate surface area is 183 Å². The van der Waals surface area contributed by atoms with Crippen LogP contribution in [0, 0.1) is 6.92 Å². The summed E-state index contributed by atoms with van der Waals surface area (Å²) in [6.45, 7) is 4.52. The topological polar surface area (TPSA) is 92.3 Å². The van der Waals surface area contributed by atoms with Crippen LogP contribution in [0.4, 0.5) is 13.2 Å². The SMILES string of the molecule is Cc1c(-c2ccc(C(F)(F)F)cc2O)nnc(SC2CCCN(CCC=O)C2)c1CN. The quantitative estimate of drug-likeness (QED) is 0.615. The Morgan fingerprint density at radius 3 is 2.77 bits per heavy atom. The second kappa shape index (κ2) is 9.97. The molecule has 1 saturated heterocycles. The van der Waals surface area contributed by atoms with Gasteiger partial charge in [0.05, 0.1) is 11.3 Å². The lowest BCUT2D eigenvalue weighted by atomic mass is 10.0. The number of aromatic nitrogens is 2. The Hall–Kier alpha value is -2.17. The maximum absolute atomic E-state index is 12.9. The minimum atomic E-state index is -4.54. The number of hydrogen-bond donors (Lipinski definition) is 2. The van der Waals surface area contributed by atoms with Crippen molar-refractivity contribution in [1.82, 2.24) is 15.1 Å². The number of phenolic OH excluding ortho intramolecular Hbond substituents is 1. The van der Waals surface area contributed by atoms with Gasteiger partial charge >= 0.3 is 6.18 Å². The molecule has 1 aliphatic rings. The minimum Gasteiger partial charge on any atom is -0.507 e. The molecule has 3 rings (SSSR count). The normalized spacial score (nSPS) is 17.6. The van der Waals surface area contributed by atoms with Gasteiger partial charge in [0.25, 0.3) is 0 Å². The molecule has 0 aliphatic carbocycles. The van der Waals surface area contributed by atoms with Crippen LogP contribution in [0.1, 0.15) is 36.0 Å². The maximum atomic E-state index is 12.9. The van der Waals surface area contributed by atoms with E-state index < -0.39 is 17.5 Å². The molecule has 31 heavy (non-hydrogen) atoms. The number of halogens is 3. The standard InChI is InChI=1S/C21H25F3N4O2S/c1-13-17(11-25)20(31-15-4-2-7-28(12-15)8-3-9-29)27-26-19(13)16-6-5-14(10-18(16)30)21(22,23)24/h5-6,9-10,15,30H,2-4,7-8,11-12,25H2,1H3. The van der Waals surface area contributed by atoms with Gasteiger partial charge in [-0.05, 0) is 50.1 Å². The third kappa shape index (κ3) is 5.55. The zero-order valence-corrected chi connectivity index (χ0v) is 18.0. The van der Waals surface area contributed by atoms with E-state index in [0.29, 0.717) is 28.8 Å². The molecule has 6 nitrogen and oxygen atoms in total. The van der Waals surface area contributed by atoms with Gasteiger partial charge in [-0.25, -0.2) is 0 Å². The van der Waals surface area contributed by atoms with Crippen molar-refractivity contribution in [3.63, 3.8) is 0 Å². The highest BCUT2D eigenvalue weighted by molar-refractivity contribution is 7.99. The summed E-state index contributed by atoms with van der Waals surface area (Å²) in [5.74, 6) is -0.506. The number of aldehydes is 1. The number of alkyl halides is 3. The number of aromatic hydroxyl groups is 1. The first-order chi connectivity index (χ1) is 14.7. The van der Waals surface area contributed by atoms with Gasteiger partial charge in [-0.1, -0.05) is 11.8 Å². The fourth-order valence-corrected chi connectivity index (χ4v) is 5.09. The number of piperidine rings is 1. The molecule has 0 radical (unpaired) electrons. The average Bonchev–Trinajstić information content (AvgIpc) is 2.72. The van der Waals surface area contributed by atoms with E-state index in [1.807, 2.05) is 0 Å². The number of thioether (sulfide) groups is 1. The van der Waals surface area contributed by atoms with Crippen LogP contribution >= 0.6 is 11.8 Å². The zero-order chi connectivity index (χ0) is 22.6. The lowest BCUT2D eigenvalue weighted by Gasteiger charge is -2.32. The van der Waals surface area contributed by atoms with E-state index in [1.165, 1.54) is 6.07 Å². The molecule has 0 saturated carbocycles. The molecule has 2 heterocycles. The molecule has 1 aromatic carbocycles. The van der Waals surface area contributed by atoms with Crippen molar-refractivity contribution >= 4 is 18.0 Å². The predicted molar refractivity (Wildman–Crippen MR) is 113 cm³/mol. The number of nitrogens with zero attached hydrogens (tertiary/aromatic N) is 3. The molecule has 1 atom stereocenters. The monoisotopic (exact) mass is 454 g/mol. The summed E-state index contributed by atoms with van der Waals surface area (Å²) >= 11 is 1.59. The van der Waals surface area contributed by atoms with E-state index in [4.69, 9.17) is 5.73 Å². The van der Waals surface area contributed by atoms with E-state index >= 15 is 0 Å². The number of nitrogens with two attached hydrogens (primary N) is 1. The van der Waals surface area contributed by atoms with E-state index in [2.05, 4.69) is 15.1 Å². The van der Waals surface area contributed by atoms with Crippen molar-refractivity contribution in [2.45, 2.75) is 49.2 Å². The lowest BCUT2D eigenvalue weighted by Crippen LogP contribution is -2.37. The van der Waals surface area contributed by atoms with Crippen LogP contribution in [-0.2, 0) is 17.5 Å². The highest BCUT2D eigenvalue weighted by Gasteiger charge is 2.31. The van der Waals surface area contributed by atoms with Gasteiger partial charge < -0.3 is 20.5 Å². The molecule has 1 aliphatic heterocycles. The Morgan fingerprint density at radius 2 is 2.13 bits per heavy atom. The summed E-state index contributed by atoms with van der Waals surface area (Å²) in [5.41, 5.74) is 6.99. The molecule has 1 aromatic heterocycles. The van der Waals surface area contributed by atoms with E-state index in [1.54, 1.807) is 18.7 Å². The maximum Gasteiger partial charge on any atom is 0.416 e. The third-order valence-corrected chi connectivity index (χ3v) is 6.66. The molecule has 0 amide bonds. The van der Waals surface area contributed by atoms with Crippen molar-refractivity contribution in [2.24, 2.45) is 5.73 Å². The summed E-state index contributed by atoms with van der Waals surface area (Å²) < 4.78 is 38.7. The largest absolute Gasteiger partial charge is 0.507 e.